The lowest BCUT2D eigenvalue weighted by Gasteiger charge is -2.36. The number of pyridine rings is 1. The Morgan fingerprint density at radius 3 is 2.51 bits per heavy atom. The number of rotatable bonds is 7. The molecule has 1 aliphatic heterocycles. The summed E-state index contributed by atoms with van der Waals surface area (Å²) in [5, 5.41) is 18.1. The number of ether oxygens (including phenoxy) is 1. The molecule has 0 aliphatic carbocycles. The van der Waals surface area contributed by atoms with Gasteiger partial charge in [-0.15, -0.1) is 0 Å². The first-order valence-corrected chi connectivity index (χ1v) is 12.5. The van der Waals surface area contributed by atoms with Gasteiger partial charge in [0.2, 0.25) is 0 Å². The number of benzene rings is 1. The molecule has 11 heteroatoms. The SMILES string of the molecule is CC(n1nc(-c2cccc(OC(F)F)c2)c2ncc(C=O)cc21)C(C)(C)O.CNC1(C)CS(=O)C1. The molecule has 1 unspecified atom stereocenters. The Kier molecular flexibility index (Phi) is 8.03. The quantitative estimate of drug-likeness (QED) is 0.470. The van der Waals surface area contributed by atoms with E-state index in [9.17, 15) is 22.9 Å². The van der Waals surface area contributed by atoms with Crippen LogP contribution in [0.3, 0.4) is 0 Å². The zero-order valence-corrected chi connectivity index (χ0v) is 21.1. The van der Waals surface area contributed by atoms with Crippen LogP contribution in [-0.2, 0) is 10.8 Å². The van der Waals surface area contributed by atoms with Crippen molar-refractivity contribution in [3.05, 3.63) is 42.1 Å². The lowest BCUT2D eigenvalue weighted by Crippen LogP contribution is -2.58. The van der Waals surface area contributed by atoms with Crippen LogP contribution >= 0.6 is 0 Å². The number of aromatic nitrogens is 3. The fraction of sp³-hybridized carbons (Fsp3) is 0.458. The number of carbonyl (C=O) groups is 1. The van der Waals surface area contributed by atoms with Crippen LogP contribution in [0.15, 0.2) is 36.5 Å². The number of aliphatic hydroxyl groups is 1. The van der Waals surface area contributed by atoms with Crippen LogP contribution in [0.5, 0.6) is 5.75 Å². The summed E-state index contributed by atoms with van der Waals surface area (Å²) in [6.07, 6.45) is 2.09. The fourth-order valence-electron chi connectivity index (χ4n) is 3.52. The molecule has 2 aromatic heterocycles. The molecule has 8 nitrogen and oxygen atoms in total. The predicted molar refractivity (Wildman–Crippen MR) is 131 cm³/mol. The first-order chi connectivity index (χ1) is 16.4. The van der Waals surface area contributed by atoms with Crippen molar-refractivity contribution in [1.29, 1.82) is 0 Å². The Morgan fingerprint density at radius 2 is 2.00 bits per heavy atom. The van der Waals surface area contributed by atoms with Gasteiger partial charge in [0.05, 0.1) is 17.2 Å². The molecular formula is C24H30F2N4O4S. The van der Waals surface area contributed by atoms with Crippen molar-refractivity contribution in [2.45, 2.75) is 51.5 Å². The highest BCUT2D eigenvalue weighted by Gasteiger charge is 2.36. The van der Waals surface area contributed by atoms with E-state index in [-0.39, 0.29) is 11.3 Å². The van der Waals surface area contributed by atoms with E-state index in [1.807, 2.05) is 7.05 Å². The maximum atomic E-state index is 12.5. The first-order valence-electron chi connectivity index (χ1n) is 11.0. The largest absolute Gasteiger partial charge is 0.435 e. The van der Waals surface area contributed by atoms with E-state index in [4.69, 9.17) is 0 Å². The van der Waals surface area contributed by atoms with Gasteiger partial charge >= 0.3 is 6.61 Å². The zero-order valence-electron chi connectivity index (χ0n) is 20.3. The highest BCUT2D eigenvalue weighted by Crippen LogP contribution is 2.33. The molecule has 1 fully saturated rings. The maximum absolute atomic E-state index is 12.5. The second-order valence-electron chi connectivity index (χ2n) is 9.32. The number of hydrogen-bond acceptors (Lipinski definition) is 7. The van der Waals surface area contributed by atoms with Gasteiger partial charge in [-0.1, -0.05) is 12.1 Å². The van der Waals surface area contributed by atoms with Crippen LogP contribution in [0, 0.1) is 0 Å². The van der Waals surface area contributed by atoms with Crippen LogP contribution < -0.4 is 10.1 Å². The first kappa shape index (κ1) is 26.8. The molecule has 0 amide bonds. The molecule has 0 spiro atoms. The molecule has 0 radical (unpaired) electrons. The van der Waals surface area contributed by atoms with E-state index in [0.29, 0.717) is 34.1 Å². The van der Waals surface area contributed by atoms with Crippen molar-refractivity contribution in [2.24, 2.45) is 0 Å². The van der Waals surface area contributed by atoms with Gasteiger partial charge in [0.25, 0.3) is 0 Å². The van der Waals surface area contributed by atoms with Gasteiger partial charge in [-0.3, -0.25) is 18.7 Å². The number of aldehydes is 1. The highest BCUT2D eigenvalue weighted by molar-refractivity contribution is 7.86. The number of halogens is 2. The monoisotopic (exact) mass is 508 g/mol. The van der Waals surface area contributed by atoms with Crippen molar-refractivity contribution < 1.29 is 27.6 Å². The molecule has 1 atom stereocenters. The van der Waals surface area contributed by atoms with Crippen molar-refractivity contribution in [3.63, 3.8) is 0 Å². The highest BCUT2D eigenvalue weighted by atomic mass is 32.2. The summed E-state index contributed by atoms with van der Waals surface area (Å²) >= 11 is 0. The summed E-state index contributed by atoms with van der Waals surface area (Å²) in [5.74, 6) is 1.65. The van der Waals surface area contributed by atoms with Gasteiger partial charge < -0.3 is 15.2 Å². The Bertz CT molecular complexity index is 1220. The Morgan fingerprint density at radius 1 is 1.31 bits per heavy atom. The predicted octanol–water partition coefficient (Wildman–Crippen LogP) is 3.57. The summed E-state index contributed by atoms with van der Waals surface area (Å²) in [5.41, 5.74) is 1.49. The van der Waals surface area contributed by atoms with Gasteiger partial charge in [0.1, 0.15) is 17.0 Å². The van der Waals surface area contributed by atoms with Crippen LogP contribution in [0.1, 0.15) is 44.1 Å². The Hall–Kier alpha value is -2.76. The molecule has 2 N–H and O–H groups in total. The zero-order chi connectivity index (χ0) is 26.0. The minimum absolute atomic E-state index is 0.00486. The molecule has 1 saturated heterocycles. The molecule has 190 valence electrons. The second-order valence-corrected chi connectivity index (χ2v) is 10.8. The number of hydrogen-bond donors (Lipinski definition) is 2. The van der Waals surface area contributed by atoms with Gasteiger partial charge in [-0.25, -0.2) is 0 Å². The molecule has 1 aromatic carbocycles. The van der Waals surface area contributed by atoms with E-state index >= 15 is 0 Å². The van der Waals surface area contributed by atoms with Gasteiger partial charge in [0, 0.05) is 45.2 Å². The van der Waals surface area contributed by atoms with E-state index in [1.165, 1.54) is 18.3 Å². The summed E-state index contributed by atoms with van der Waals surface area (Å²) in [4.78, 5) is 15.5. The Balaban J connectivity index is 0.000000363. The fourth-order valence-corrected chi connectivity index (χ4v) is 5.15. The molecule has 0 bridgehead atoms. The van der Waals surface area contributed by atoms with Crippen LogP contribution in [0.25, 0.3) is 22.3 Å². The van der Waals surface area contributed by atoms with Crippen LogP contribution in [-0.4, -0.2) is 66.7 Å². The third-order valence-corrected chi connectivity index (χ3v) is 7.91. The number of carbonyl (C=O) groups excluding carboxylic acids is 1. The van der Waals surface area contributed by atoms with Crippen molar-refractivity contribution in [1.82, 2.24) is 20.1 Å². The van der Waals surface area contributed by atoms with E-state index < -0.39 is 29.1 Å². The lowest BCUT2D eigenvalue weighted by atomic mass is 10.0. The number of nitrogens with one attached hydrogen (secondary N) is 1. The normalized spacial score (nSPS) is 20.7. The number of nitrogens with zero attached hydrogens (tertiary/aromatic N) is 3. The summed E-state index contributed by atoms with van der Waals surface area (Å²) in [6, 6.07) is 7.35. The third-order valence-electron chi connectivity index (χ3n) is 5.99. The number of fused-ring (bicyclic) bond motifs is 1. The van der Waals surface area contributed by atoms with Gasteiger partial charge in [-0.05, 0) is 52.9 Å². The smallest absolute Gasteiger partial charge is 0.387 e. The standard InChI is InChI=1S/C19H19F2N3O3.C5H11NOS/c1-11(19(2,3)26)24-15-7-12(10-25)9-22-17(15)16(23-24)13-5-4-6-14(8-13)27-18(20)21;1-5(6-2)3-8(7)4-5/h4-11,18,26H,1-3H3;6H,3-4H2,1-2H3. The van der Waals surface area contributed by atoms with E-state index in [1.54, 1.807) is 43.7 Å². The molecular weight excluding hydrogens is 478 g/mol. The van der Waals surface area contributed by atoms with Gasteiger partial charge in [0.15, 0.2) is 6.29 Å². The summed E-state index contributed by atoms with van der Waals surface area (Å²) in [7, 11) is 1.39. The molecule has 3 aromatic rings. The number of alkyl halides is 2. The third kappa shape index (κ3) is 6.28. The van der Waals surface area contributed by atoms with Crippen molar-refractivity contribution >= 4 is 28.1 Å². The topological polar surface area (TPSA) is 106 Å². The molecule has 3 heterocycles. The lowest BCUT2D eigenvalue weighted by molar-refractivity contribution is -0.0498. The van der Waals surface area contributed by atoms with Crippen LogP contribution in [0.2, 0.25) is 0 Å². The second kappa shape index (κ2) is 10.5. The van der Waals surface area contributed by atoms with Crippen molar-refractivity contribution in [2.75, 3.05) is 18.6 Å². The molecule has 35 heavy (non-hydrogen) atoms. The van der Waals surface area contributed by atoms with Crippen LogP contribution in [0.4, 0.5) is 8.78 Å². The maximum Gasteiger partial charge on any atom is 0.387 e. The average Bonchev–Trinajstić information content (AvgIpc) is 3.15. The molecule has 4 rings (SSSR count). The average molecular weight is 509 g/mol. The molecule has 0 saturated carbocycles. The van der Waals surface area contributed by atoms with Crippen molar-refractivity contribution in [3.8, 4) is 17.0 Å². The van der Waals surface area contributed by atoms with Gasteiger partial charge in [-0.2, -0.15) is 13.9 Å². The molecule has 1 aliphatic rings. The summed E-state index contributed by atoms with van der Waals surface area (Å²) in [6.45, 7) is 4.25. The summed E-state index contributed by atoms with van der Waals surface area (Å²) < 4.78 is 41.6. The van der Waals surface area contributed by atoms with E-state index in [0.717, 1.165) is 11.5 Å². The van der Waals surface area contributed by atoms with E-state index in [2.05, 4.69) is 27.1 Å². The minimum Gasteiger partial charge on any atom is -0.435 e. The Labute approximate surface area is 205 Å². The minimum atomic E-state index is -2.93.